The largest absolute Gasteiger partial charge is 1.00 e. The predicted octanol–water partition coefficient (Wildman–Crippen LogP) is -1.57. The van der Waals surface area contributed by atoms with Gasteiger partial charge in [0.15, 0.2) is 0 Å². The second kappa shape index (κ2) is 7.84. The maximum absolute atomic E-state index is 11.8. The summed E-state index contributed by atoms with van der Waals surface area (Å²) in [5.41, 5.74) is 0.885. The van der Waals surface area contributed by atoms with Crippen molar-refractivity contribution in [3.63, 3.8) is 0 Å². The fourth-order valence-electron chi connectivity index (χ4n) is 2.16. The van der Waals surface area contributed by atoms with E-state index in [0.717, 1.165) is 5.56 Å². The molecule has 1 aliphatic rings. The summed E-state index contributed by atoms with van der Waals surface area (Å²) in [6.45, 7) is 1.85. The molecule has 1 aromatic rings. The Kier molecular flexibility index (Phi) is 7.01. The number of nitrogens with one attached hydrogen (secondary N) is 1. The van der Waals surface area contributed by atoms with E-state index >= 15 is 0 Å². The first-order valence-corrected chi connectivity index (χ1v) is 7.09. The summed E-state index contributed by atoms with van der Waals surface area (Å²) in [6.07, 6.45) is 0.924. The summed E-state index contributed by atoms with van der Waals surface area (Å²) < 4.78 is 0. The molecule has 0 heterocycles. The Labute approximate surface area is 155 Å². The normalized spacial score (nSPS) is 21.1. The molecule has 7 heteroatoms. The van der Waals surface area contributed by atoms with Crippen molar-refractivity contribution in [3.05, 3.63) is 33.8 Å². The van der Waals surface area contributed by atoms with Crippen LogP contribution >= 0.6 is 23.2 Å². The van der Waals surface area contributed by atoms with Crippen LogP contribution in [0.3, 0.4) is 0 Å². The van der Waals surface area contributed by atoms with E-state index in [9.17, 15) is 14.7 Å². The van der Waals surface area contributed by atoms with Gasteiger partial charge in [-0.3, -0.25) is 4.79 Å². The zero-order valence-electron chi connectivity index (χ0n) is 11.9. The molecule has 0 radical (unpaired) electrons. The first-order valence-electron chi connectivity index (χ1n) is 6.33. The molecule has 1 fully saturated rings. The Bertz CT molecular complexity index is 553. The maximum atomic E-state index is 11.8. The van der Waals surface area contributed by atoms with Crippen LogP contribution in [0.15, 0.2) is 18.2 Å². The number of amides is 1. The van der Waals surface area contributed by atoms with Crippen LogP contribution in [0.1, 0.15) is 18.9 Å². The number of halogens is 2. The van der Waals surface area contributed by atoms with E-state index in [4.69, 9.17) is 23.2 Å². The standard InChI is InChI=1S/C14H15Cl2NO3.Na/c1-7(4-8-2-3-9(15)5-12(8)16)17-13(18)10-6-11(10)14(19)20;/h2-3,5,7,10-11H,4,6H2,1H3,(H,17,18)(H,19,20);/q;+1/p-1/t7?,10-,11+;/m1./s1. The van der Waals surface area contributed by atoms with Crippen LogP contribution in [0.25, 0.3) is 0 Å². The number of benzene rings is 1. The second-order valence-electron chi connectivity index (χ2n) is 5.12. The first kappa shape index (κ1) is 18.8. The van der Waals surface area contributed by atoms with Gasteiger partial charge in [-0.1, -0.05) is 29.3 Å². The quantitative estimate of drug-likeness (QED) is 0.660. The van der Waals surface area contributed by atoms with Crippen LogP contribution in [-0.4, -0.2) is 17.9 Å². The Morgan fingerprint density at radius 1 is 1.38 bits per heavy atom. The molecule has 0 aromatic heterocycles. The van der Waals surface area contributed by atoms with Gasteiger partial charge in [0.05, 0.1) is 0 Å². The van der Waals surface area contributed by atoms with Gasteiger partial charge in [-0.25, -0.2) is 0 Å². The van der Waals surface area contributed by atoms with Crippen molar-refractivity contribution in [2.75, 3.05) is 0 Å². The molecule has 0 spiro atoms. The third-order valence-corrected chi connectivity index (χ3v) is 3.95. The van der Waals surface area contributed by atoms with E-state index in [0.29, 0.717) is 22.9 Å². The zero-order chi connectivity index (χ0) is 14.9. The number of hydrogen-bond donors (Lipinski definition) is 1. The molecular weight excluding hydrogens is 324 g/mol. The molecule has 1 aromatic carbocycles. The average molecular weight is 338 g/mol. The van der Waals surface area contributed by atoms with Gasteiger partial charge < -0.3 is 15.2 Å². The molecule has 1 unspecified atom stereocenters. The van der Waals surface area contributed by atoms with Crippen molar-refractivity contribution in [2.45, 2.75) is 25.8 Å². The zero-order valence-corrected chi connectivity index (χ0v) is 15.4. The minimum absolute atomic E-state index is 0. The number of carboxylic acid groups (broad SMARTS) is 1. The van der Waals surface area contributed by atoms with E-state index in [1.54, 1.807) is 12.1 Å². The van der Waals surface area contributed by atoms with Crippen molar-refractivity contribution in [3.8, 4) is 0 Å². The van der Waals surface area contributed by atoms with Crippen molar-refractivity contribution in [1.82, 2.24) is 5.32 Å². The number of hydrogen-bond acceptors (Lipinski definition) is 3. The number of carboxylic acids is 1. The number of carbonyl (C=O) groups excluding carboxylic acids is 2. The molecule has 3 atom stereocenters. The van der Waals surface area contributed by atoms with E-state index in [1.165, 1.54) is 0 Å². The van der Waals surface area contributed by atoms with Crippen LogP contribution in [0, 0.1) is 11.8 Å². The fourth-order valence-corrected chi connectivity index (χ4v) is 2.65. The van der Waals surface area contributed by atoms with E-state index in [-0.39, 0.29) is 41.5 Å². The molecule has 4 nitrogen and oxygen atoms in total. The molecule has 0 aliphatic heterocycles. The monoisotopic (exact) mass is 337 g/mol. The summed E-state index contributed by atoms with van der Waals surface area (Å²) in [5, 5.41) is 14.5. The van der Waals surface area contributed by atoms with Crippen LogP contribution in [0.4, 0.5) is 0 Å². The predicted molar refractivity (Wildman–Crippen MR) is 74.4 cm³/mol. The van der Waals surface area contributed by atoms with Crippen LogP contribution in [0.5, 0.6) is 0 Å². The van der Waals surface area contributed by atoms with Crippen LogP contribution in [-0.2, 0) is 16.0 Å². The van der Waals surface area contributed by atoms with Crippen LogP contribution < -0.4 is 40.0 Å². The number of rotatable bonds is 5. The van der Waals surface area contributed by atoms with Gasteiger partial charge in [-0.05, 0) is 37.5 Å². The van der Waals surface area contributed by atoms with Gasteiger partial charge in [0, 0.05) is 33.9 Å². The summed E-state index contributed by atoms with van der Waals surface area (Å²) in [4.78, 5) is 22.4. The van der Waals surface area contributed by atoms with E-state index in [2.05, 4.69) is 5.32 Å². The van der Waals surface area contributed by atoms with Gasteiger partial charge in [0.1, 0.15) is 0 Å². The van der Waals surface area contributed by atoms with Gasteiger partial charge in [-0.2, -0.15) is 0 Å². The van der Waals surface area contributed by atoms with Gasteiger partial charge >= 0.3 is 29.6 Å². The summed E-state index contributed by atoms with van der Waals surface area (Å²) in [7, 11) is 0. The van der Waals surface area contributed by atoms with Crippen molar-refractivity contribution in [1.29, 1.82) is 0 Å². The fraction of sp³-hybridized carbons (Fsp3) is 0.429. The van der Waals surface area contributed by atoms with Crippen molar-refractivity contribution >= 4 is 35.1 Å². The molecule has 1 amide bonds. The smallest absolute Gasteiger partial charge is 0.550 e. The Morgan fingerprint density at radius 3 is 2.57 bits per heavy atom. The SMILES string of the molecule is CC(Cc1ccc(Cl)cc1Cl)NC(=O)[C@@H]1C[C@@H]1C(=O)[O-].[Na+]. The molecule has 1 saturated carbocycles. The van der Waals surface area contributed by atoms with Gasteiger partial charge in [0.2, 0.25) is 5.91 Å². The third kappa shape index (κ3) is 5.15. The van der Waals surface area contributed by atoms with Gasteiger partial charge in [0.25, 0.3) is 0 Å². The summed E-state index contributed by atoms with van der Waals surface area (Å²) >= 11 is 11.9. The average Bonchev–Trinajstić information content (AvgIpc) is 3.13. The Hall–Kier alpha value is -0.260. The summed E-state index contributed by atoms with van der Waals surface area (Å²) in [5.74, 6) is -2.49. The Morgan fingerprint density at radius 2 is 2.05 bits per heavy atom. The minimum Gasteiger partial charge on any atom is -0.550 e. The molecule has 2 rings (SSSR count). The van der Waals surface area contributed by atoms with Gasteiger partial charge in [-0.15, -0.1) is 0 Å². The molecule has 0 saturated heterocycles. The van der Waals surface area contributed by atoms with Crippen molar-refractivity contribution in [2.24, 2.45) is 11.8 Å². The Balaban J connectivity index is 0.00000220. The minimum atomic E-state index is -1.15. The van der Waals surface area contributed by atoms with E-state index < -0.39 is 17.8 Å². The number of aliphatic carboxylic acids is 1. The molecule has 0 bridgehead atoms. The molecule has 108 valence electrons. The van der Waals surface area contributed by atoms with Crippen LogP contribution in [0.2, 0.25) is 10.0 Å². The topological polar surface area (TPSA) is 69.2 Å². The molecule has 21 heavy (non-hydrogen) atoms. The summed E-state index contributed by atoms with van der Waals surface area (Å²) in [6, 6.07) is 5.07. The maximum Gasteiger partial charge on any atom is 1.00 e. The molecular formula is C14H14Cl2NNaO3. The van der Waals surface area contributed by atoms with E-state index in [1.807, 2.05) is 13.0 Å². The number of carbonyl (C=O) groups is 2. The van der Waals surface area contributed by atoms with Crippen molar-refractivity contribution < 1.29 is 44.3 Å². The molecule has 1 aliphatic carbocycles. The molecule has 1 N–H and O–H groups in total. The second-order valence-corrected chi connectivity index (χ2v) is 5.96. The first-order chi connectivity index (χ1) is 9.38. The third-order valence-electron chi connectivity index (χ3n) is 3.36.